The van der Waals surface area contributed by atoms with Crippen LogP contribution < -0.4 is 16.2 Å². The Kier molecular flexibility index (Phi) is 4.23. The maximum Gasteiger partial charge on any atom is 0.249 e. The van der Waals surface area contributed by atoms with Crippen LogP contribution in [0, 0.1) is 0 Å². The number of primary amides is 1. The second kappa shape index (κ2) is 6.09. The summed E-state index contributed by atoms with van der Waals surface area (Å²) in [4.78, 5) is 22.9. The summed E-state index contributed by atoms with van der Waals surface area (Å²) in [5.41, 5.74) is 12.9. The molecule has 0 aromatic heterocycles. The highest BCUT2D eigenvalue weighted by atomic mass is 16.5. The number of hydrogen-bond donors (Lipinski definition) is 2. The summed E-state index contributed by atoms with van der Waals surface area (Å²) in [5, 5.41) is 0. The van der Waals surface area contributed by atoms with Gasteiger partial charge in [0.1, 0.15) is 12.4 Å². The molecule has 5 heteroatoms. The van der Waals surface area contributed by atoms with Crippen LogP contribution >= 0.6 is 0 Å². The highest BCUT2D eigenvalue weighted by Gasteiger charge is 2.11. The molecule has 0 spiro atoms. The summed E-state index contributed by atoms with van der Waals surface area (Å²) in [5.74, 6) is -0.227. The summed E-state index contributed by atoms with van der Waals surface area (Å²) in [6.07, 6.45) is 0. The molecule has 0 fully saturated rings. The number of hydrogen-bond acceptors (Lipinski definition) is 4. The third kappa shape index (κ3) is 3.39. The van der Waals surface area contributed by atoms with Crippen molar-refractivity contribution in [1.29, 1.82) is 0 Å². The topological polar surface area (TPSA) is 95.4 Å². The van der Waals surface area contributed by atoms with E-state index in [0.29, 0.717) is 28.1 Å². The van der Waals surface area contributed by atoms with Gasteiger partial charge in [-0.2, -0.15) is 0 Å². The molecule has 0 bridgehead atoms. The van der Waals surface area contributed by atoms with E-state index in [1.54, 1.807) is 42.5 Å². The fourth-order valence-electron chi connectivity index (χ4n) is 1.99. The number of Topliss-reactive ketones (excluding diaryl/α,β-unsaturated/α-hetero) is 1. The Hall–Kier alpha value is -2.82. The summed E-state index contributed by atoms with van der Waals surface area (Å²) in [7, 11) is 0. The van der Waals surface area contributed by atoms with Gasteiger partial charge in [0.25, 0.3) is 0 Å². The lowest BCUT2D eigenvalue weighted by Gasteiger charge is -2.12. The third-order valence-corrected chi connectivity index (χ3v) is 3.05. The van der Waals surface area contributed by atoms with Crippen molar-refractivity contribution < 1.29 is 14.3 Å². The second-order valence-electron chi connectivity index (χ2n) is 4.62. The lowest BCUT2D eigenvalue weighted by atomic mass is 10.1. The molecule has 0 saturated heterocycles. The zero-order valence-electron chi connectivity index (χ0n) is 11.6. The van der Waals surface area contributed by atoms with Gasteiger partial charge in [-0.15, -0.1) is 0 Å². The average molecular weight is 284 g/mol. The molecule has 0 aliphatic rings. The monoisotopic (exact) mass is 284 g/mol. The Morgan fingerprint density at radius 2 is 1.81 bits per heavy atom. The number of carbonyl (C=O) groups is 2. The first kappa shape index (κ1) is 14.6. The minimum absolute atomic E-state index is 0.138. The number of carbonyl (C=O) groups excluding carboxylic acids is 2. The quantitative estimate of drug-likeness (QED) is 0.649. The van der Waals surface area contributed by atoms with Gasteiger partial charge < -0.3 is 16.2 Å². The van der Waals surface area contributed by atoms with Crippen molar-refractivity contribution in [2.24, 2.45) is 5.73 Å². The molecule has 0 aliphatic heterocycles. The Labute approximate surface area is 122 Å². The molecule has 0 saturated carbocycles. The van der Waals surface area contributed by atoms with E-state index in [1.165, 1.54) is 6.92 Å². The van der Waals surface area contributed by atoms with Crippen molar-refractivity contribution in [3.63, 3.8) is 0 Å². The van der Waals surface area contributed by atoms with Gasteiger partial charge in [-0.1, -0.05) is 18.2 Å². The van der Waals surface area contributed by atoms with Crippen molar-refractivity contribution in [2.45, 2.75) is 13.5 Å². The van der Waals surface area contributed by atoms with E-state index in [1.807, 2.05) is 0 Å². The van der Waals surface area contributed by atoms with Crippen LogP contribution in [0.2, 0.25) is 0 Å². The highest BCUT2D eigenvalue weighted by Crippen LogP contribution is 2.23. The van der Waals surface area contributed by atoms with E-state index in [2.05, 4.69) is 0 Å². The molecule has 5 nitrogen and oxygen atoms in total. The first-order chi connectivity index (χ1) is 9.99. The molecule has 108 valence electrons. The summed E-state index contributed by atoms with van der Waals surface area (Å²) >= 11 is 0. The molecule has 2 aromatic carbocycles. The summed E-state index contributed by atoms with van der Waals surface area (Å²) in [6, 6.07) is 11.8. The number of ketones is 1. The van der Waals surface area contributed by atoms with Crippen LogP contribution in [0.1, 0.15) is 33.2 Å². The molecule has 4 N–H and O–H groups in total. The van der Waals surface area contributed by atoms with E-state index in [-0.39, 0.29) is 12.4 Å². The Bertz CT molecular complexity index is 696. The predicted octanol–water partition coefficient (Wildman–Crippen LogP) is 2.15. The first-order valence-corrected chi connectivity index (χ1v) is 6.40. The normalized spacial score (nSPS) is 10.1. The number of nitrogen functional groups attached to an aromatic ring is 1. The van der Waals surface area contributed by atoms with Crippen LogP contribution in [0.15, 0.2) is 42.5 Å². The second-order valence-corrected chi connectivity index (χ2v) is 4.62. The largest absolute Gasteiger partial charge is 0.488 e. The lowest BCUT2D eigenvalue weighted by Crippen LogP contribution is -2.14. The molecule has 0 heterocycles. The molecule has 0 radical (unpaired) electrons. The minimum atomic E-state index is -0.515. The van der Waals surface area contributed by atoms with Gasteiger partial charge in [0, 0.05) is 16.8 Å². The van der Waals surface area contributed by atoms with Crippen LogP contribution in [-0.2, 0) is 6.61 Å². The number of anilines is 1. The van der Waals surface area contributed by atoms with E-state index >= 15 is 0 Å². The van der Waals surface area contributed by atoms with E-state index < -0.39 is 5.91 Å². The molecule has 2 rings (SSSR count). The Balaban J connectivity index is 2.25. The van der Waals surface area contributed by atoms with Crippen LogP contribution in [-0.4, -0.2) is 11.7 Å². The number of ether oxygens (including phenoxy) is 1. The van der Waals surface area contributed by atoms with Crippen LogP contribution in [0.3, 0.4) is 0 Å². The number of nitrogens with two attached hydrogens (primary N) is 2. The zero-order chi connectivity index (χ0) is 15.4. The zero-order valence-corrected chi connectivity index (χ0v) is 11.6. The number of benzene rings is 2. The van der Waals surface area contributed by atoms with Gasteiger partial charge in [-0.25, -0.2) is 0 Å². The first-order valence-electron chi connectivity index (χ1n) is 6.40. The maximum absolute atomic E-state index is 11.6. The highest BCUT2D eigenvalue weighted by molar-refractivity contribution is 5.97. The number of rotatable bonds is 5. The SMILES string of the molecule is CC(=O)c1cc(N)ccc1OCc1ccccc1C(N)=O. The van der Waals surface area contributed by atoms with Crippen LogP contribution in [0.5, 0.6) is 5.75 Å². The molecular weight excluding hydrogens is 268 g/mol. The maximum atomic E-state index is 11.6. The molecular formula is C16H16N2O3. The third-order valence-electron chi connectivity index (χ3n) is 3.05. The standard InChI is InChI=1S/C16H16N2O3/c1-10(19)14-8-12(17)6-7-15(14)21-9-11-4-2-3-5-13(11)16(18)20/h2-8H,9,17H2,1H3,(H2,18,20). The van der Waals surface area contributed by atoms with Crippen molar-refractivity contribution in [1.82, 2.24) is 0 Å². The molecule has 21 heavy (non-hydrogen) atoms. The van der Waals surface area contributed by atoms with Crippen LogP contribution in [0.4, 0.5) is 5.69 Å². The summed E-state index contributed by atoms with van der Waals surface area (Å²) < 4.78 is 5.65. The fraction of sp³-hybridized carbons (Fsp3) is 0.125. The molecule has 0 atom stereocenters. The smallest absolute Gasteiger partial charge is 0.249 e. The van der Waals surface area contributed by atoms with Crippen molar-refractivity contribution >= 4 is 17.4 Å². The number of amides is 1. The van der Waals surface area contributed by atoms with E-state index in [0.717, 1.165) is 0 Å². The fourth-order valence-corrected chi connectivity index (χ4v) is 1.99. The Morgan fingerprint density at radius 1 is 1.10 bits per heavy atom. The van der Waals surface area contributed by atoms with Gasteiger partial charge in [-0.05, 0) is 31.2 Å². The van der Waals surface area contributed by atoms with Gasteiger partial charge in [0.15, 0.2) is 5.78 Å². The molecule has 2 aromatic rings. The average Bonchev–Trinajstić information content (AvgIpc) is 2.46. The Morgan fingerprint density at radius 3 is 2.48 bits per heavy atom. The van der Waals surface area contributed by atoms with E-state index in [4.69, 9.17) is 16.2 Å². The molecule has 0 aliphatic carbocycles. The lowest BCUT2D eigenvalue weighted by molar-refractivity contribution is 0.0990. The molecule has 0 unspecified atom stereocenters. The van der Waals surface area contributed by atoms with Crippen molar-refractivity contribution in [3.05, 3.63) is 59.2 Å². The van der Waals surface area contributed by atoms with Gasteiger partial charge in [-0.3, -0.25) is 9.59 Å². The molecule has 1 amide bonds. The van der Waals surface area contributed by atoms with E-state index in [9.17, 15) is 9.59 Å². The van der Waals surface area contributed by atoms with Crippen molar-refractivity contribution in [3.8, 4) is 5.75 Å². The van der Waals surface area contributed by atoms with Gasteiger partial charge in [0.2, 0.25) is 5.91 Å². The van der Waals surface area contributed by atoms with Gasteiger partial charge in [0.05, 0.1) is 5.56 Å². The minimum Gasteiger partial charge on any atom is -0.488 e. The predicted molar refractivity (Wildman–Crippen MR) is 80.2 cm³/mol. The van der Waals surface area contributed by atoms with Crippen LogP contribution in [0.25, 0.3) is 0 Å². The summed E-state index contributed by atoms with van der Waals surface area (Å²) in [6.45, 7) is 1.59. The van der Waals surface area contributed by atoms with Gasteiger partial charge >= 0.3 is 0 Å². The van der Waals surface area contributed by atoms with Crippen molar-refractivity contribution in [2.75, 3.05) is 5.73 Å².